The van der Waals surface area contributed by atoms with Gasteiger partial charge >= 0.3 is 0 Å². The maximum Gasteiger partial charge on any atom is 0.274 e. The van der Waals surface area contributed by atoms with E-state index in [1.807, 2.05) is 12.1 Å². The lowest BCUT2D eigenvalue weighted by Crippen LogP contribution is -2.46. The zero-order valence-electron chi connectivity index (χ0n) is 14.5. The number of likely N-dealkylation sites (N-methyl/N-ethyl adjacent to an activating group) is 1. The quantitative estimate of drug-likeness (QED) is 0.909. The maximum atomic E-state index is 12.6. The zero-order valence-corrected chi connectivity index (χ0v) is 15.3. The molecule has 1 aliphatic heterocycles. The molecule has 0 saturated carbocycles. The van der Waals surface area contributed by atoms with Gasteiger partial charge in [0.1, 0.15) is 17.3 Å². The summed E-state index contributed by atoms with van der Waals surface area (Å²) < 4.78 is 0. The smallest absolute Gasteiger partial charge is 0.274 e. The molecule has 0 bridgehead atoms. The lowest BCUT2D eigenvalue weighted by atomic mass is 10.2. The van der Waals surface area contributed by atoms with E-state index in [-0.39, 0.29) is 5.91 Å². The number of nitrogens with one attached hydrogen (secondary N) is 1. The minimum atomic E-state index is -0.285. The van der Waals surface area contributed by atoms with Crippen LogP contribution in [0, 0.1) is 6.92 Å². The van der Waals surface area contributed by atoms with E-state index in [9.17, 15) is 4.79 Å². The van der Waals surface area contributed by atoms with Crippen molar-refractivity contribution in [2.24, 2.45) is 0 Å². The van der Waals surface area contributed by atoms with Gasteiger partial charge in [-0.1, -0.05) is 30.7 Å². The molecule has 0 atom stereocenters. The number of aromatic nitrogens is 2. The van der Waals surface area contributed by atoms with Crippen molar-refractivity contribution in [3.8, 4) is 0 Å². The first kappa shape index (κ1) is 17.6. The highest BCUT2D eigenvalue weighted by molar-refractivity contribution is 6.33. The minimum Gasteiger partial charge on any atom is -0.354 e. The SMILES string of the molecule is CCN1CCN(c2cc(C(=O)Nc3ccccc3Cl)nc(C)n2)CC1. The molecule has 1 aromatic heterocycles. The summed E-state index contributed by atoms with van der Waals surface area (Å²) in [5, 5.41) is 3.31. The predicted octanol–water partition coefficient (Wildman–Crippen LogP) is 2.83. The van der Waals surface area contributed by atoms with Crippen molar-refractivity contribution in [3.05, 3.63) is 46.9 Å². The van der Waals surface area contributed by atoms with Gasteiger partial charge in [0.2, 0.25) is 0 Å². The molecule has 25 heavy (non-hydrogen) atoms. The Labute approximate surface area is 152 Å². The van der Waals surface area contributed by atoms with Gasteiger partial charge < -0.3 is 15.1 Å². The fourth-order valence-electron chi connectivity index (χ4n) is 2.87. The van der Waals surface area contributed by atoms with E-state index in [4.69, 9.17) is 11.6 Å². The number of nitrogens with zero attached hydrogens (tertiary/aromatic N) is 4. The lowest BCUT2D eigenvalue weighted by molar-refractivity contribution is 0.102. The zero-order chi connectivity index (χ0) is 17.8. The standard InChI is InChI=1S/C18H22ClN5O/c1-3-23-8-10-24(11-9-23)17-12-16(20-13(2)21-17)18(25)22-15-7-5-4-6-14(15)19/h4-7,12H,3,8-11H2,1-2H3,(H,22,25). The Morgan fingerprint density at radius 1 is 1.20 bits per heavy atom. The maximum absolute atomic E-state index is 12.6. The number of hydrogen-bond acceptors (Lipinski definition) is 5. The van der Waals surface area contributed by atoms with E-state index < -0.39 is 0 Å². The molecule has 0 radical (unpaired) electrons. The Morgan fingerprint density at radius 3 is 2.60 bits per heavy atom. The summed E-state index contributed by atoms with van der Waals surface area (Å²) in [5.41, 5.74) is 0.920. The molecule has 1 aliphatic rings. The van der Waals surface area contributed by atoms with Crippen LogP contribution >= 0.6 is 11.6 Å². The third kappa shape index (κ3) is 4.27. The molecule has 1 saturated heterocycles. The number of halogens is 1. The monoisotopic (exact) mass is 359 g/mol. The van der Waals surface area contributed by atoms with Crippen LogP contribution in [0.1, 0.15) is 23.2 Å². The topological polar surface area (TPSA) is 61.4 Å². The third-order valence-corrected chi connectivity index (χ3v) is 4.65. The highest BCUT2D eigenvalue weighted by atomic mass is 35.5. The van der Waals surface area contributed by atoms with Crippen LogP contribution in [0.25, 0.3) is 0 Å². The number of rotatable bonds is 4. The molecule has 132 valence electrons. The molecule has 6 nitrogen and oxygen atoms in total. The summed E-state index contributed by atoms with van der Waals surface area (Å²) in [6.07, 6.45) is 0. The van der Waals surface area contributed by atoms with Crippen molar-refractivity contribution in [2.75, 3.05) is 42.9 Å². The molecule has 1 N–H and O–H groups in total. The molecular weight excluding hydrogens is 338 g/mol. The molecule has 0 aliphatic carbocycles. The van der Waals surface area contributed by atoms with Gasteiger partial charge in [0.25, 0.3) is 5.91 Å². The van der Waals surface area contributed by atoms with Gasteiger partial charge in [-0.15, -0.1) is 0 Å². The third-order valence-electron chi connectivity index (χ3n) is 4.32. The van der Waals surface area contributed by atoms with Gasteiger partial charge in [-0.05, 0) is 25.6 Å². The van der Waals surface area contributed by atoms with Crippen molar-refractivity contribution in [3.63, 3.8) is 0 Å². The molecular formula is C18H22ClN5O. The van der Waals surface area contributed by atoms with Gasteiger partial charge in [0, 0.05) is 32.2 Å². The van der Waals surface area contributed by atoms with Crippen LogP contribution in [0.4, 0.5) is 11.5 Å². The van der Waals surface area contributed by atoms with Crippen LogP contribution in [0.15, 0.2) is 30.3 Å². The molecule has 1 aromatic carbocycles. The second-order valence-electron chi connectivity index (χ2n) is 6.01. The van der Waals surface area contributed by atoms with Crippen LogP contribution in [-0.2, 0) is 0 Å². The van der Waals surface area contributed by atoms with Crippen LogP contribution in [-0.4, -0.2) is 53.5 Å². The minimum absolute atomic E-state index is 0.285. The number of piperazine rings is 1. The van der Waals surface area contributed by atoms with E-state index in [1.54, 1.807) is 25.1 Å². The molecule has 0 spiro atoms. The number of benzene rings is 1. The summed E-state index contributed by atoms with van der Waals surface area (Å²) in [7, 11) is 0. The molecule has 1 fully saturated rings. The Hall–Kier alpha value is -2.18. The second-order valence-corrected chi connectivity index (χ2v) is 6.42. The average molecular weight is 360 g/mol. The summed E-state index contributed by atoms with van der Waals surface area (Å²) >= 11 is 6.11. The van der Waals surface area contributed by atoms with Crippen molar-refractivity contribution < 1.29 is 4.79 Å². The fraction of sp³-hybridized carbons (Fsp3) is 0.389. The first-order valence-electron chi connectivity index (χ1n) is 8.45. The van der Waals surface area contributed by atoms with Crippen LogP contribution in [0.2, 0.25) is 5.02 Å². The number of carbonyl (C=O) groups excluding carboxylic acids is 1. The van der Waals surface area contributed by atoms with Crippen LogP contribution in [0.3, 0.4) is 0 Å². The Morgan fingerprint density at radius 2 is 1.92 bits per heavy atom. The summed E-state index contributed by atoms with van der Waals surface area (Å²) in [6.45, 7) is 8.83. The van der Waals surface area contributed by atoms with E-state index in [0.29, 0.717) is 22.2 Å². The number of aryl methyl sites for hydroxylation is 1. The number of amides is 1. The summed E-state index contributed by atoms with van der Waals surface area (Å²) in [5.74, 6) is 1.10. The molecule has 2 aromatic rings. The Balaban J connectivity index is 1.77. The van der Waals surface area contributed by atoms with E-state index in [0.717, 1.165) is 38.5 Å². The normalized spacial score (nSPS) is 15.2. The molecule has 2 heterocycles. The first-order valence-corrected chi connectivity index (χ1v) is 8.83. The van der Waals surface area contributed by atoms with Crippen molar-refractivity contribution in [1.82, 2.24) is 14.9 Å². The van der Waals surface area contributed by atoms with Crippen LogP contribution in [0.5, 0.6) is 0 Å². The first-order chi connectivity index (χ1) is 12.1. The molecule has 1 amide bonds. The van der Waals surface area contributed by atoms with E-state index >= 15 is 0 Å². The highest BCUT2D eigenvalue weighted by Gasteiger charge is 2.19. The number of carbonyl (C=O) groups is 1. The van der Waals surface area contributed by atoms with Gasteiger partial charge in [0.15, 0.2) is 0 Å². The van der Waals surface area contributed by atoms with Gasteiger partial charge in [-0.3, -0.25) is 4.79 Å². The predicted molar refractivity (Wildman–Crippen MR) is 101 cm³/mol. The molecule has 0 unspecified atom stereocenters. The number of hydrogen-bond donors (Lipinski definition) is 1. The average Bonchev–Trinajstić information content (AvgIpc) is 2.63. The van der Waals surface area contributed by atoms with Crippen molar-refractivity contribution in [2.45, 2.75) is 13.8 Å². The summed E-state index contributed by atoms with van der Waals surface area (Å²) in [6, 6.07) is 8.90. The van der Waals surface area contributed by atoms with Gasteiger partial charge in [0.05, 0.1) is 10.7 Å². The van der Waals surface area contributed by atoms with Crippen molar-refractivity contribution >= 4 is 29.0 Å². The van der Waals surface area contributed by atoms with E-state index in [2.05, 4.69) is 32.0 Å². The van der Waals surface area contributed by atoms with E-state index in [1.165, 1.54) is 0 Å². The van der Waals surface area contributed by atoms with Gasteiger partial charge in [-0.2, -0.15) is 0 Å². The fourth-order valence-corrected chi connectivity index (χ4v) is 3.06. The van der Waals surface area contributed by atoms with Crippen molar-refractivity contribution in [1.29, 1.82) is 0 Å². The Kier molecular flexibility index (Phi) is 5.50. The number of para-hydroxylation sites is 1. The van der Waals surface area contributed by atoms with Gasteiger partial charge in [-0.25, -0.2) is 9.97 Å². The molecule has 7 heteroatoms. The Bertz CT molecular complexity index is 759. The highest BCUT2D eigenvalue weighted by Crippen LogP contribution is 2.22. The largest absolute Gasteiger partial charge is 0.354 e. The second kappa shape index (κ2) is 7.80. The lowest BCUT2D eigenvalue weighted by Gasteiger charge is -2.34. The summed E-state index contributed by atoms with van der Waals surface area (Å²) in [4.78, 5) is 26.0. The van der Waals surface area contributed by atoms with Crippen LogP contribution < -0.4 is 10.2 Å². The number of anilines is 2. The molecule has 3 rings (SSSR count).